The van der Waals surface area contributed by atoms with E-state index in [9.17, 15) is 13.2 Å². The minimum atomic E-state index is -4.32. The van der Waals surface area contributed by atoms with E-state index in [4.69, 9.17) is 0 Å². The van der Waals surface area contributed by atoms with Gasteiger partial charge in [0.25, 0.3) is 0 Å². The fourth-order valence-corrected chi connectivity index (χ4v) is 11.1. The van der Waals surface area contributed by atoms with Crippen molar-refractivity contribution in [2.75, 3.05) is 0 Å². The van der Waals surface area contributed by atoms with Gasteiger partial charge in [0.15, 0.2) is 0 Å². The zero-order valence-corrected chi connectivity index (χ0v) is 23.9. The van der Waals surface area contributed by atoms with Gasteiger partial charge in [-0.05, 0) is 114 Å². The summed E-state index contributed by atoms with van der Waals surface area (Å²) in [6.45, 7) is 6.45. The van der Waals surface area contributed by atoms with Crippen LogP contribution in [0.5, 0.6) is 0 Å². The van der Waals surface area contributed by atoms with E-state index in [2.05, 4.69) is 51.1 Å². The Labute approximate surface area is 227 Å². The Morgan fingerprint density at radius 2 is 1.18 bits per heavy atom. The first kappa shape index (κ1) is 27.4. The summed E-state index contributed by atoms with van der Waals surface area (Å²) in [5, 5.41) is 1.56. The Morgan fingerprint density at radius 3 is 1.74 bits per heavy atom. The average Bonchev–Trinajstić information content (AvgIpc) is 2.90. The van der Waals surface area contributed by atoms with Crippen LogP contribution < -0.4 is 5.30 Å². The van der Waals surface area contributed by atoms with E-state index in [1.165, 1.54) is 98.6 Å². The van der Waals surface area contributed by atoms with Crippen LogP contribution in [0.1, 0.15) is 86.5 Å². The van der Waals surface area contributed by atoms with Crippen molar-refractivity contribution in [3.8, 4) is 22.3 Å². The minimum absolute atomic E-state index is 0.275. The van der Waals surface area contributed by atoms with E-state index >= 15 is 0 Å². The molecule has 0 spiro atoms. The van der Waals surface area contributed by atoms with E-state index in [0.717, 1.165) is 28.0 Å². The number of rotatable bonds is 5. The Hall–Kier alpha value is -2.12. The van der Waals surface area contributed by atoms with Crippen molar-refractivity contribution in [1.29, 1.82) is 0 Å². The highest BCUT2D eigenvalue weighted by molar-refractivity contribution is 7.67. The van der Waals surface area contributed by atoms with Gasteiger partial charge < -0.3 is 0 Å². The van der Waals surface area contributed by atoms with Gasteiger partial charge in [-0.2, -0.15) is 13.2 Å². The molecule has 0 atom stereocenters. The lowest BCUT2D eigenvalue weighted by Crippen LogP contribution is -2.27. The summed E-state index contributed by atoms with van der Waals surface area (Å²) in [6, 6.07) is 17.1. The molecule has 38 heavy (non-hydrogen) atoms. The van der Waals surface area contributed by atoms with Crippen LogP contribution in [0.3, 0.4) is 0 Å². The molecule has 202 valence electrons. The van der Waals surface area contributed by atoms with Crippen LogP contribution in [0.4, 0.5) is 13.2 Å². The highest BCUT2D eigenvalue weighted by atomic mass is 31.1. The van der Waals surface area contributed by atoms with E-state index in [1.54, 1.807) is 17.4 Å². The number of hydrogen-bond donors (Lipinski definition) is 0. The normalized spacial score (nSPS) is 17.8. The molecule has 0 nitrogen and oxygen atoms in total. The third-order valence-corrected chi connectivity index (χ3v) is 12.4. The van der Waals surface area contributed by atoms with Crippen molar-refractivity contribution in [3.05, 3.63) is 76.9 Å². The first-order valence-electron chi connectivity index (χ1n) is 14.4. The molecule has 2 saturated carbocycles. The molecule has 0 heterocycles. The molecule has 0 bridgehead atoms. The summed E-state index contributed by atoms with van der Waals surface area (Å²) in [5.74, 6) is 0. The Bertz CT molecular complexity index is 1230. The second-order valence-electron chi connectivity index (χ2n) is 11.5. The summed E-state index contributed by atoms with van der Waals surface area (Å²) in [5.41, 5.74) is 9.12. The summed E-state index contributed by atoms with van der Waals surface area (Å²) < 4.78 is 39.7. The quantitative estimate of drug-likeness (QED) is 0.285. The fourth-order valence-electron chi connectivity index (χ4n) is 7.19. The van der Waals surface area contributed by atoms with Gasteiger partial charge in [-0.15, -0.1) is 0 Å². The van der Waals surface area contributed by atoms with Crippen LogP contribution in [-0.2, 0) is 6.18 Å². The lowest BCUT2D eigenvalue weighted by molar-refractivity contribution is -0.137. The van der Waals surface area contributed by atoms with E-state index < -0.39 is 11.7 Å². The molecule has 3 aromatic carbocycles. The van der Waals surface area contributed by atoms with Crippen LogP contribution in [-0.4, -0.2) is 11.3 Å². The molecule has 2 aliphatic rings. The summed E-state index contributed by atoms with van der Waals surface area (Å²) in [4.78, 5) is 0. The maximum absolute atomic E-state index is 13.2. The van der Waals surface area contributed by atoms with Gasteiger partial charge in [-0.1, -0.05) is 88.9 Å². The predicted octanol–water partition coefficient (Wildman–Crippen LogP) is 10.7. The number of halogens is 3. The largest absolute Gasteiger partial charge is 0.416 e. The third kappa shape index (κ3) is 5.60. The molecular weight excluding hydrogens is 496 g/mol. The summed E-state index contributed by atoms with van der Waals surface area (Å²) in [6.07, 6.45) is 9.31. The maximum atomic E-state index is 13.2. The van der Waals surface area contributed by atoms with Crippen molar-refractivity contribution in [2.24, 2.45) is 0 Å². The molecule has 0 amide bonds. The molecule has 0 aromatic heterocycles. The van der Waals surface area contributed by atoms with Crippen molar-refractivity contribution in [2.45, 2.75) is 102 Å². The van der Waals surface area contributed by atoms with E-state index in [-0.39, 0.29) is 7.92 Å². The van der Waals surface area contributed by atoms with E-state index in [1.807, 2.05) is 0 Å². The standard InChI is InChI=1S/C34H40F3P/c1-23-22-24(2)33(25(3)32(23)26-18-20-27(21-19-26)34(35,36)37)30-16-10-11-17-31(30)38(28-12-6-4-7-13-28)29-14-8-5-9-15-29/h10-11,16-22,28-29H,4-9,12-15H2,1-3H3. The monoisotopic (exact) mass is 536 g/mol. The van der Waals surface area contributed by atoms with Crippen LogP contribution in [0.15, 0.2) is 54.6 Å². The molecule has 5 rings (SSSR count). The van der Waals surface area contributed by atoms with Crippen LogP contribution in [0, 0.1) is 20.8 Å². The van der Waals surface area contributed by atoms with Gasteiger partial charge in [-0.3, -0.25) is 0 Å². The first-order chi connectivity index (χ1) is 18.3. The molecule has 3 aromatic rings. The zero-order valence-electron chi connectivity index (χ0n) is 23.0. The summed E-state index contributed by atoms with van der Waals surface area (Å²) in [7, 11) is -0.275. The number of aryl methyl sites for hydroxylation is 2. The molecule has 2 fully saturated rings. The van der Waals surface area contributed by atoms with Crippen LogP contribution in [0.25, 0.3) is 22.3 Å². The SMILES string of the molecule is Cc1cc(C)c(-c2ccccc2P(C2CCCCC2)C2CCCCC2)c(C)c1-c1ccc(C(F)(F)F)cc1. The lowest BCUT2D eigenvalue weighted by atomic mass is 9.86. The molecular formula is C34H40F3P. The fraction of sp³-hybridized carbons (Fsp3) is 0.471. The van der Waals surface area contributed by atoms with Gasteiger partial charge >= 0.3 is 6.18 Å². The molecule has 0 N–H and O–H groups in total. The third-order valence-electron chi connectivity index (χ3n) is 8.86. The molecule has 4 heteroatoms. The smallest absolute Gasteiger partial charge is 0.166 e. The Kier molecular flexibility index (Phi) is 8.34. The lowest BCUT2D eigenvalue weighted by Gasteiger charge is -2.40. The van der Waals surface area contributed by atoms with E-state index in [0.29, 0.717) is 0 Å². The molecule has 0 aliphatic heterocycles. The molecule has 0 radical (unpaired) electrons. The highest BCUT2D eigenvalue weighted by Crippen LogP contribution is 2.56. The number of hydrogen-bond acceptors (Lipinski definition) is 0. The maximum Gasteiger partial charge on any atom is 0.416 e. The first-order valence-corrected chi connectivity index (χ1v) is 15.9. The second kappa shape index (κ2) is 11.5. The van der Waals surface area contributed by atoms with Gasteiger partial charge in [0.05, 0.1) is 5.56 Å². The predicted molar refractivity (Wildman–Crippen MR) is 157 cm³/mol. The Morgan fingerprint density at radius 1 is 0.658 bits per heavy atom. The van der Waals surface area contributed by atoms with Crippen molar-refractivity contribution < 1.29 is 13.2 Å². The van der Waals surface area contributed by atoms with Gasteiger partial charge in [-0.25, -0.2) is 0 Å². The van der Waals surface area contributed by atoms with Crippen LogP contribution >= 0.6 is 7.92 Å². The topological polar surface area (TPSA) is 0 Å². The van der Waals surface area contributed by atoms with Gasteiger partial charge in [0, 0.05) is 0 Å². The zero-order chi connectivity index (χ0) is 26.9. The molecule has 0 saturated heterocycles. The van der Waals surface area contributed by atoms with Gasteiger partial charge in [0.1, 0.15) is 0 Å². The second-order valence-corrected chi connectivity index (χ2v) is 14.2. The van der Waals surface area contributed by atoms with Crippen molar-refractivity contribution >= 4 is 13.2 Å². The van der Waals surface area contributed by atoms with Gasteiger partial charge in [0.2, 0.25) is 0 Å². The molecule has 2 aliphatic carbocycles. The number of alkyl halides is 3. The Balaban J connectivity index is 1.63. The highest BCUT2D eigenvalue weighted by Gasteiger charge is 2.34. The van der Waals surface area contributed by atoms with Crippen molar-refractivity contribution in [3.63, 3.8) is 0 Å². The average molecular weight is 537 g/mol. The minimum Gasteiger partial charge on any atom is -0.166 e. The summed E-state index contributed by atoms with van der Waals surface area (Å²) >= 11 is 0. The van der Waals surface area contributed by atoms with Crippen LogP contribution in [0.2, 0.25) is 0 Å². The number of benzene rings is 3. The van der Waals surface area contributed by atoms with Crippen molar-refractivity contribution in [1.82, 2.24) is 0 Å². The molecule has 0 unspecified atom stereocenters.